The molecule has 1 fully saturated rings. The summed E-state index contributed by atoms with van der Waals surface area (Å²) in [6.45, 7) is 2.07. The van der Waals surface area contributed by atoms with Gasteiger partial charge in [0.1, 0.15) is 11.6 Å². The molecule has 1 aromatic carbocycles. The molecule has 1 saturated carbocycles. The first kappa shape index (κ1) is 17.8. The summed E-state index contributed by atoms with van der Waals surface area (Å²) in [5, 5.41) is 17.8. The van der Waals surface area contributed by atoms with E-state index >= 15 is 0 Å². The molecule has 0 aliphatic heterocycles. The van der Waals surface area contributed by atoms with Gasteiger partial charge in [0.2, 0.25) is 0 Å². The lowest BCUT2D eigenvalue weighted by atomic mass is 9.76. The van der Waals surface area contributed by atoms with Crippen LogP contribution in [0.3, 0.4) is 0 Å². The molecule has 2 aliphatic carbocycles. The maximum Gasteiger partial charge on any atom is 0.356 e. The van der Waals surface area contributed by atoms with E-state index in [0.717, 1.165) is 18.4 Å². The number of hydrogen-bond donors (Lipinski definition) is 1. The van der Waals surface area contributed by atoms with E-state index in [9.17, 15) is 18.7 Å². The molecule has 5 rings (SSSR count). The van der Waals surface area contributed by atoms with Gasteiger partial charge in [0, 0.05) is 6.20 Å². The molecule has 2 aliphatic rings. The van der Waals surface area contributed by atoms with Crippen molar-refractivity contribution in [1.82, 2.24) is 20.2 Å². The van der Waals surface area contributed by atoms with Crippen LogP contribution >= 0.6 is 0 Å². The largest absolute Gasteiger partial charge is 0.476 e. The van der Waals surface area contributed by atoms with Gasteiger partial charge in [-0.15, -0.1) is 5.10 Å². The number of carbonyl (C=O) groups is 1. The fourth-order valence-electron chi connectivity index (χ4n) is 5.03. The Morgan fingerprint density at radius 1 is 1.21 bits per heavy atom. The van der Waals surface area contributed by atoms with Gasteiger partial charge >= 0.3 is 5.97 Å². The second-order valence-corrected chi connectivity index (χ2v) is 7.63. The number of rotatable bonds is 3. The molecule has 2 bridgehead atoms. The van der Waals surface area contributed by atoms with Gasteiger partial charge < -0.3 is 5.11 Å². The Morgan fingerprint density at radius 2 is 1.97 bits per heavy atom. The van der Waals surface area contributed by atoms with Crippen LogP contribution in [-0.2, 0) is 5.41 Å². The first-order chi connectivity index (χ1) is 13.9. The third-order valence-corrected chi connectivity index (χ3v) is 6.41. The van der Waals surface area contributed by atoms with Crippen LogP contribution in [0.5, 0.6) is 0 Å². The van der Waals surface area contributed by atoms with Crippen molar-refractivity contribution in [2.75, 3.05) is 0 Å². The second-order valence-electron chi connectivity index (χ2n) is 7.63. The Kier molecular flexibility index (Phi) is 3.74. The predicted molar refractivity (Wildman–Crippen MR) is 98.3 cm³/mol. The number of nitrogens with zero attached hydrogens (tertiary/aromatic N) is 4. The minimum Gasteiger partial charge on any atom is -0.476 e. The molecule has 0 saturated heterocycles. The SMILES string of the molecule is CC1[C@H]2CC[C@]1(c1cncc(C(=O)O)n1)c1nnc(-c3c(F)cccc3F)cc12. The maximum atomic E-state index is 14.2. The Balaban J connectivity index is 1.68. The van der Waals surface area contributed by atoms with Crippen LogP contribution in [0.2, 0.25) is 0 Å². The van der Waals surface area contributed by atoms with Crippen molar-refractivity contribution in [3.05, 3.63) is 70.9 Å². The van der Waals surface area contributed by atoms with Crippen molar-refractivity contribution >= 4 is 5.97 Å². The summed E-state index contributed by atoms with van der Waals surface area (Å²) < 4.78 is 28.5. The van der Waals surface area contributed by atoms with Gasteiger partial charge in [0.15, 0.2) is 5.69 Å². The number of aromatic carboxylic acids is 1. The van der Waals surface area contributed by atoms with Gasteiger partial charge in [0.05, 0.1) is 34.3 Å². The molecule has 0 amide bonds. The highest BCUT2D eigenvalue weighted by molar-refractivity contribution is 5.84. The van der Waals surface area contributed by atoms with Crippen LogP contribution in [0.4, 0.5) is 8.78 Å². The van der Waals surface area contributed by atoms with Gasteiger partial charge in [-0.1, -0.05) is 13.0 Å². The summed E-state index contributed by atoms with van der Waals surface area (Å²) in [6.07, 6.45) is 4.38. The highest BCUT2D eigenvalue weighted by Crippen LogP contribution is 2.62. The standard InChI is InChI=1S/C21H16F2N4O2/c1-10-11-5-6-21(10,17-9-24-8-16(25-17)20(28)29)19-12(11)7-15(26-27-19)18-13(22)3-2-4-14(18)23/h2-4,7-11H,5-6H2,1H3,(H,28,29)/t10?,11-,21+/m1/s1. The number of benzene rings is 1. The van der Waals surface area contributed by atoms with Gasteiger partial charge in [-0.05, 0) is 48.4 Å². The van der Waals surface area contributed by atoms with Crippen molar-refractivity contribution in [3.8, 4) is 11.3 Å². The monoisotopic (exact) mass is 394 g/mol. The summed E-state index contributed by atoms with van der Waals surface area (Å²) in [5.74, 6) is -2.31. The van der Waals surface area contributed by atoms with E-state index in [0.29, 0.717) is 11.4 Å². The van der Waals surface area contributed by atoms with Crippen LogP contribution in [0.1, 0.15) is 53.1 Å². The number of fused-ring (bicyclic) bond motifs is 5. The Morgan fingerprint density at radius 3 is 2.69 bits per heavy atom. The molecule has 0 spiro atoms. The average Bonchev–Trinajstić information content (AvgIpc) is 3.17. The fraction of sp³-hybridized carbons (Fsp3) is 0.286. The smallest absolute Gasteiger partial charge is 0.356 e. The molecule has 0 radical (unpaired) electrons. The highest BCUT2D eigenvalue weighted by atomic mass is 19.1. The first-order valence-electron chi connectivity index (χ1n) is 9.32. The van der Waals surface area contributed by atoms with Crippen molar-refractivity contribution < 1.29 is 18.7 Å². The summed E-state index contributed by atoms with van der Waals surface area (Å²) in [6, 6.07) is 5.40. The third-order valence-electron chi connectivity index (χ3n) is 6.41. The van der Waals surface area contributed by atoms with Gasteiger partial charge in [-0.25, -0.2) is 18.6 Å². The quantitative estimate of drug-likeness (QED) is 0.728. The van der Waals surface area contributed by atoms with Gasteiger partial charge in [-0.3, -0.25) is 4.98 Å². The zero-order valence-electron chi connectivity index (χ0n) is 15.4. The summed E-state index contributed by atoms with van der Waals surface area (Å²) >= 11 is 0. The summed E-state index contributed by atoms with van der Waals surface area (Å²) in [7, 11) is 0. The molecule has 3 atom stereocenters. The summed E-state index contributed by atoms with van der Waals surface area (Å²) in [4.78, 5) is 19.8. The molecular formula is C21H16F2N4O2. The normalized spacial score (nSPS) is 24.5. The van der Waals surface area contributed by atoms with Crippen molar-refractivity contribution in [2.24, 2.45) is 5.92 Å². The van der Waals surface area contributed by atoms with E-state index in [4.69, 9.17) is 0 Å². The van der Waals surface area contributed by atoms with Crippen molar-refractivity contribution in [1.29, 1.82) is 0 Å². The van der Waals surface area contributed by atoms with E-state index in [1.54, 1.807) is 12.3 Å². The highest BCUT2D eigenvalue weighted by Gasteiger charge is 2.58. The number of carboxylic acid groups (broad SMARTS) is 1. The number of halogens is 2. The predicted octanol–water partition coefficient (Wildman–Crippen LogP) is 3.72. The topological polar surface area (TPSA) is 88.9 Å². The molecule has 8 heteroatoms. The lowest BCUT2D eigenvalue weighted by molar-refractivity contribution is 0.0689. The van der Waals surface area contributed by atoms with Crippen LogP contribution in [-0.4, -0.2) is 31.2 Å². The van der Waals surface area contributed by atoms with E-state index in [2.05, 4.69) is 27.1 Å². The Labute approximate surface area is 164 Å². The molecule has 29 heavy (non-hydrogen) atoms. The second kappa shape index (κ2) is 6.10. The maximum absolute atomic E-state index is 14.2. The Bertz CT molecular complexity index is 1150. The van der Waals surface area contributed by atoms with Crippen molar-refractivity contribution in [2.45, 2.75) is 31.1 Å². The number of carboxylic acids is 1. The number of aromatic nitrogens is 4. The Hall–Kier alpha value is -3.29. The zero-order valence-corrected chi connectivity index (χ0v) is 15.4. The fourth-order valence-corrected chi connectivity index (χ4v) is 5.03. The van der Waals surface area contributed by atoms with Gasteiger partial charge in [-0.2, -0.15) is 5.10 Å². The lowest BCUT2D eigenvalue weighted by Gasteiger charge is -2.29. The minimum atomic E-state index is -1.15. The third kappa shape index (κ3) is 2.35. The molecule has 1 unspecified atom stereocenters. The molecule has 3 aromatic rings. The number of hydrogen-bond acceptors (Lipinski definition) is 5. The first-order valence-corrected chi connectivity index (χ1v) is 9.32. The van der Waals surface area contributed by atoms with E-state index in [1.165, 1.54) is 24.4 Å². The van der Waals surface area contributed by atoms with E-state index < -0.39 is 23.0 Å². The molecule has 146 valence electrons. The lowest BCUT2D eigenvalue weighted by Crippen LogP contribution is -2.31. The van der Waals surface area contributed by atoms with Crippen LogP contribution in [0.25, 0.3) is 11.3 Å². The van der Waals surface area contributed by atoms with E-state index in [-0.39, 0.29) is 28.8 Å². The van der Waals surface area contributed by atoms with E-state index in [1.807, 2.05) is 0 Å². The molecule has 2 heterocycles. The molecule has 2 aromatic heterocycles. The summed E-state index contributed by atoms with van der Waals surface area (Å²) in [5.41, 5.74) is 1.36. The van der Waals surface area contributed by atoms with Gasteiger partial charge in [0.25, 0.3) is 0 Å². The van der Waals surface area contributed by atoms with Crippen molar-refractivity contribution in [3.63, 3.8) is 0 Å². The average molecular weight is 394 g/mol. The van der Waals surface area contributed by atoms with Crippen LogP contribution in [0, 0.1) is 17.6 Å². The molecular weight excluding hydrogens is 378 g/mol. The molecule has 6 nitrogen and oxygen atoms in total. The zero-order chi connectivity index (χ0) is 20.3. The molecule has 1 N–H and O–H groups in total. The van der Waals surface area contributed by atoms with Crippen LogP contribution in [0.15, 0.2) is 36.7 Å². The van der Waals surface area contributed by atoms with Crippen LogP contribution < -0.4 is 0 Å². The minimum absolute atomic E-state index is 0.0888.